The largest absolute Gasteiger partial charge is 0.476 e. The average molecular weight is 257 g/mol. The van der Waals surface area contributed by atoms with Gasteiger partial charge in [-0.1, -0.05) is 13.8 Å². The Morgan fingerprint density at radius 3 is 2.76 bits per heavy atom. The van der Waals surface area contributed by atoms with E-state index in [1.807, 2.05) is 13.8 Å². The van der Waals surface area contributed by atoms with E-state index < -0.39 is 5.97 Å². The first kappa shape index (κ1) is 13.6. The van der Waals surface area contributed by atoms with Crippen molar-refractivity contribution in [1.82, 2.24) is 15.6 Å². The molecule has 0 aliphatic carbocycles. The predicted molar refractivity (Wildman–Crippen MR) is 64.1 cm³/mol. The predicted octanol–water partition coefficient (Wildman–Crippen LogP) is 0.456. The number of aromatic carboxylic acids is 1. The molecule has 0 atom stereocenters. The van der Waals surface area contributed by atoms with Crippen LogP contribution in [0.1, 0.15) is 29.3 Å². The van der Waals surface area contributed by atoms with Crippen LogP contribution in [0.2, 0.25) is 0 Å². The molecule has 1 aromatic rings. The topological polar surface area (TPSA) is 91.3 Å². The van der Waals surface area contributed by atoms with Crippen molar-refractivity contribution in [3.8, 4) is 0 Å². The smallest absolute Gasteiger partial charge is 0.355 e. The number of thiazole rings is 1. The molecule has 0 spiro atoms. The van der Waals surface area contributed by atoms with Gasteiger partial charge in [-0.05, 0) is 0 Å². The van der Waals surface area contributed by atoms with Crippen LogP contribution in [0, 0.1) is 0 Å². The molecule has 1 rings (SSSR count). The molecule has 0 fully saturated rings. The van der Waals surface area contributed by atoms with Crippen LogP contribution in [0.4, 0.5) is 0 Å². The number of aromatic nitrogens is 1. The van der Waals surface area contributed by atoms with E-state index in [0.717, 1.165) is 0 Å². The molecular weight excluding hydrogens is 242 g/mol. The van der Waals surface area contributed by atoms with E-state index in [1.165, 1.54) is 16.7 Å². The van der Waals surface area contributed by atoms with Gasteiger partial charge in [0.1, 0.15) is 5.01 Å². The molecule has 0 saturated heterocycles. The maximum absolute atomic E-state index is 11.3. The normalized spacial score (nSPS) is 10.5. The van der Waals surface area contributed by atoms with E-state index in [4.69, 9.17) is 5.11 Å². The van der Waals surface area contributed by atoms with Crippen LogP contribution in [0.25, 0.3) is 0 Å². The minimum absolute atomic E-state index is 0.0135. The molecule has 3 N–H and O–H groups in total. The number of nitrogens with one attached hydrogen (secondary N) is 2. The molecule has 6 nitrogen and oxygen atoms in total. The van der Waals surface area contributed by atoms with Crippen molar-refractivity contribution in [3.05, 3.63) is 16.1 Å². The van der Waals surface area contributed by atoms with E-state index >= 15 is 0 Å². The highest BCUT2D eigenvalue weighted by molar-refractivity contribution is 7.09. The van der Waals surface area contributed by atoms with Crippen molar-refractivity contribution >= 4 is 23.2 Å². The number of nitrogens with zero attached hydrogens (tertiary/aromatic N) is 1. The summed E-state index contributed by atoms with van der Waals surface area (Å²) in [6.45, 7) is 4.41. The Labute approximate surface area is 103 Å². The van der Waals surface area contributed by atoms with Crippen LogP contribution < -0.4 is 10.6 Å². The lowest BCUT2D eigenvalue weighted by Crippen LogP contribution is -2.36. The maximum Gasteiger partial charge on any atom is 0.355 e. The molecular formula is C10H15N3O3S. The zero-order valence-electron chi connectivity index (χ0n) is 9.69. The Hall–Kier alpha value is -1.47. The lowest BCUT2D eigenvalue weighted by Gasteiger charge is -2.07. The zero-order valence-corrected chi connectivity index (χ0v) is 10.5. The van der Waals surface area contributed by atoms with Crippen LogP contribution in [0.5, 0.6) is 0 Å². The average Bonchev–Trinajstić information content (AvgIpc) is 2.72. The van der Waals surface area contributed by atoms with E-state index in [0.29, 0.717) is 5.01 Å². The van der Waals surface area contributed by atoms with Crippen molar-refractivity contribution in [3.63, 3.8) is 0 Å². The summed E-state index contributed by atoms with van der Waals surface area (Å²) in [6.07, 6.45) is 0. The van der Waals surface area contributed by atoms with Gasteiger partial charge in [-0.3, -0.25) is 4.79 Å². The van der Waals surface area contributed by atoms with Gasteiger partial charge in [0.15, 0.2) is 5.69 Å². The summed E-state index contributed by atoms with van der Waals surface area (Å²) in [6, 6.07) is 0.249. The molecule has 0 aliphatic heterocycles. The van der Waals surface area contributed by atoms with E-state index in [1.54, 1.807) is 0 Å². The van der Waals surface area contributed by atoms with Crippen LogP contribution in [0.3, 0.4) is 0 Å². The standard InChI is InChI=1S/C10H15N3O3S/c1-6(2)11-3-8(14)12-4-9-13-7(5-17-9)10(15)16/h5-6,11H,3-4H2,1-2H3,(H,12,14)(H,15,16). The second kappa shape index (κ2) is 6.31. The molecule has 7 heteroatoms. The van der Waals surface area contributed by atoms with Gasteiger partial charge in [0, 0.05) is 11.4 Å². The molecule has 0 aromatic carbocycles. The third-order valence-corrected chi connectivity index (χ3v) is 2.73. The summed E-state index contributed by atoms with van der Waals surface area (Å²) in [7, 11) is 0. The summed E-state index contributed by atoms with van der Waals surface area (Å²) in [4.78, 5) is 25.8. The highest BCUT2D eigenvalue weighted by Gasteiger charge is 2.09. The third-order valence-electron chi connectivity index (χ3n) is 1.88. The number of hydrogen-bond donors (Lipinski definition) is 3. The van der Waals surface area contributed by atoms with E-state index in [-0.39, 0.29) is 30.7 Å². The number of carboxylic acids is 1. The lowest BCUT2D eigenvalue weighted by molar-refractivity contribution is -0.120. The quantitative estimate of drug-likeness (QED) is 0.688. The van der Waals surface area contributed by atoms with Crippen molar-refractivity contribution in [2.75, 3.05) is 6.54 Å². The molecule has 0 radical (unpaired) electrons. The summed E-state index contributed by atoms with van der Waals surface area (Å²) < 4.78 is 0. The number of amides is 1. The van der Waals surface area contributed by atoms with Gasteiger partial charge in [-0.15, -0.1) is 11.3 Å². The summed E-state index contributed by atoms with van der Waals surface area (Å²) >= 11 is 1.22. The Bertz CT molecular complexity index is 403. The lowest BCUT2D eigenvalue weighted by atomic mass is 10.4. The zero-order chi connectivity index (χ0) is 12.8. The Balaban J connectivity index is 2.34. The summed E-state index contributed by atoms with van der Waals surface area (Å²) in [5.41, 5.74) is 0.0135. The number of hydrogen-bond acceptors (Lipinski definition) is 5. The van der Waals surface area contributed by atoms with Crippen molar-refractivity contribution in [1.29, 1.82) is 0 Å². The number of carbonyl (C=O) groups excluding carboxylic acids is 1. The first-order valence-electron chi connectivity index (χ1n) is 5.17. The molecule has 0 saturated carbocycles. The number of carboxylic acid groups (broad SMARTS) is 1. The molecule has 1 heterocycles. The Kier molecular flexibility index (Phi) is 5.05. The molecule has 17 heavy (non-hydrogen) atoms. The van der Waals surface area contributed by atoms with Crippen LogP contribution >= 0.6 is 11.3 Å². The van der Waals surface area contributed by atoms with E-state index in [9.17, 15) is 9.59 Å². The monoisotopic (exact) mass is 257 g/mol. The van der Waals surface area contributed by atoms with Gasteiger partial charge < -0.3 is 15.7 Å². The van der Waals surface area contributed by atoms with E-state index in [2.05, 4.69) is 15.6 Å². The molecule has 0 unspecified atom stereocenters. The minimum atomic E-state index is -1.06. The second-order valence-corrected chi connectivity index (χ2v) is 4.69. The van der Waals surface area contributed by atoms with Gasteiger partial charge in [0.25, 0.3) is 0 Å². The fourth-order valence-electron chi connectivity index (χ4n) is 1.02. The van der Waals surface area contributed by atoms with Crippen LogP contribution in [0.15, 0.2) is 5.38 Å². The van der Waals surface area contributed by atoms with Crippen molar-refractivity contribution < 1.29 is 14.7 Å². The maximum atomic E-state index is 11.3. The molecule has 1 aromatic heterocycles. The fourth-order valence-corrected chi connectivity index (χ4v) is 1.73. The van der Waals surface area contributed by atoms with Gasteiger partial charge in [-0.25, -0.2) is 9.78 Å². The third kappa shape index (κ3) is 4.92. The van der Waals surface area contributed by atoms with Crippen LogP contribution in [-0.4, -0.2) is 34.6 Å². The Morgan fingerprint density at radius 1 is 1.53 bits per heavy atom. The first-order chi connectivity index (χ1) is 7.99. The molecule has 0 aliphatic rings. The minimum Gasteiger partial charge on any atom is -0.476 e. The van der Waals surface area contributed by atoms with Crippen molar-refractivity contribution in [2.24, 2.45) is 0 Å². The van der Waals surface area contributed by atoms with Gasteiger partial charge >= 0.3 is 5.97 Å². The van der Waals surface area contributed by atoms with Gasteiger partial charge in [-0.2, -0.15) is 0 Å². The molecule has 0 bridgehead atoms. The highest BCUT2D eigenvalue weighted by atomic mass is 32.1. The molecule has 94 valence electrons. The second-order valence-electron chi connectivity index (χ2n) is 3.74. The summed E-state index contributed by atoms with van der Waals surface area (Å²) in [5, 5.41) is 16.3. The fraction of sp³-hybridized carbons (Fsp3) is 0.500. The summed E-state index contributed by atoms with van der Waals surface area (Å²) in [5.74, 6) is -1.19. The van der Waals surface area contributed by atoms with Gasteiger partial charge in [0.2, 0.25) is 5.91 Å². The highest BCUT2D eigenvalue weighted by Crippen LogP contribution is 2.08. The van der Waals surface area contributed by atoms with Crippen molar-refractivity contribution in [2.45, 2.75) is 26.4 Å². The first-order valence-corrected chi connectivity index (χ1v) is 6.04. The molecule has 1 amide bonds. The number of rotatable bonds is 6. The SMILES string of the molecule is CC(C)NCC(=O)NCc1nc(C(=O)O)cs1. The van der Waals surface area contributed by atoms with Gasteiger partial charge in [0.05, 0.1) is 13.1 Å². The number of carbonyl (C=O) groups is 2. The Morgan fingerprint density at radius 2 is 2.24 bits per heavy atom. The van der Waals surface area contributed by atoms with Crippen LogP contribution in [-0.2, 0) is 11.3 Å².